The van der Waals surface area contributed by atoms with E-state index in [9.17, 15) is 14.4 Å². The molecule has 4 rings (SSSR count). The van der Waals surface area contributed by atoms with Gasteiger partial charge in [-0.1, -0.05) is 12.1 Å². The van der Waals surface area contributed by atoms with Crippen molar-refractivity contribution in [2.45, 2.75) is 13.3 Å². The number of aromatic nitrogens is 1. The SMILES string of the molecule is Cc1nc2ccc(NC(=O)CCN3C(=O)c4ccccc4C3=O)cc2s1. The number of anilines is 1. The molecule has 6 nitrogen and oxygen atoms in total. The lowest BCUT2D eigenvalue weighted by Gasteiger charge is -2.13. The molecule has 0 fully saturated rings. The van der Waals surface area contributed by atoms with Gasteiger partial charge in [-0.05, 0) is 37.3 Å². The van der Waals surface area contributed by atoms with Crippen molar-refractivity contribution in [2.75, 3.05) is 11.9 Å². The average Bonchev–Trinajstić information content (AvgIpc) is 3.11. The van der Waals surface area contributed by atoms with E-state index in [-0.39, 0.29) is 30.7 Å². The van der Waals surface area contributed by atoms with Gasteiger partial charge in [0.15, 0.2) is 0 Å². The average molecular weight is 365 g/mol. The quantitative estimate of drug-likeness (QED) is 0.720. The Labute approximate surface area is 153 Å². The lowest BCUT2D eigenvalue weighted by molar-refractivity contribution is -0.116. The van der Waals surface area contributed by atoms with Crippen molar-refractivity contribution < 1.29 is 14.4 Å². The van der Waals surface area contributed by atoms with Crippen LogP contribution in [0.25, 0.3) is 10.2 Å². The Hall–Kier alpha value is -3.06. The van der Waals surface area contributed by atoms with Crippen LogP contribution in [0.15, 0.2) is 42.5 Å². The summed E-state index contributed by atoms with van der Waals surface area (Å²) in [6, 6.07) is 12.2. The number of nitrogens with one attached hydrogen (secondary N) is 1. The fourth-order valence-electron chi connectivity index (χ4n) is 3.00. The predicted molar refractivity (Wildman–Crippen MR) is 99.4 cm³/mol. The maximum Gasteiger partial charge on any atom is 0.261 e. The van der Waals surface area contributed by atoms with E-state index in [0.717, 1.165) is 20.1 Å². The van der Waals surface area contributed by atoms with Crippen LogP contribution in [0.3, 0.4) is 0 Å². The number of aryl methyl sites for hydroxylation is 1. The molecule has 1 aromatic heterocycles. The molecule has 3 aromatic rings. The van der Waals surface area contributed by atoms with Crippen LogP contribution in [0, 0.1) is 6.92 Å². The van der Waals surface area contributed by atoms with E-state index in [0.29, 0.717) is 16.8 Å². The predicted octanol–water partition coefficient (Wildman–Crippen LogP) is 3.23. The van der Waals surface area contributed by atoms with E-state index in [1.165, 1.54) is 0 Å². The maximum absolute atomic E-state index is 12.3. The summed E-state index contributed by atoms with van der Waals surface area (Å²) in [5.41, 5.74) is 2.36. The number of nitrogens with zero attached hydrogens (tertiary/aromatic N) is 2. The molecule has 0 aliphatic carbocycles. The van der Waals surface area contributed by atoms with Crippen molar-refractivity contribution in [1.29, 1.82) is 0 Å². The molecule has 0 atom stereocenters. The zero-order valence-electron chi connectivity index (χ0n) is 14.0. The fraction of sp³-hybridized carbons (Fsp3) is 0.158. The number of amides is 3. The lowest BCUT2D eigenvalue weighted by atomic mass is 10.1. The van der Waals surface area contributed by atoms with Gasteiger partial charge in [-0.3, -0.25) is 19.3 Å². The molecule has 0 saturated carbocycles. The van der Waals surface area contributed by atoms with Crippen LogP contribution in [0.5, 0.6) is 0 Å². The molecule has 0 radical (unpaired) electrons. The third-order valence-corrected chi connectivity index (χ3v) is 5.15. The summed E-state index contributed by atoms with van der Waals surface area (Å²) >= 11 is 1.56. The molecule has 1 aliphatic heterocycles. The van der Waals surface area contributed by atoms with Crippen LogP contribution in [-0.2, 0) is 4.79 Å². The minimum Gasteiger partial charge on any atom is -0.326 e. The molecular formula is C19H15N3O3S. The number of benzene rings is 2. The number of carbonyl (C=O) groups is 3. The normalized spacial score (nSPS) is 13.3. The van der Waals surface area contributed by atoms with Gasteiger partial charge in [0.2, 0.25) is 5.91 Å². The van der Waals surface area contributed by atoms with Gasteiger partial charge in [0.1, 0.15) is 0 Å². The van der Waals surface area contributed by atoms with Crippen LogP contribution in [0.2, 0.25) is 0 Å². The molecule has 130 valence electrons. The van der Waals surface area contributed by atoms with Gasteiger partial charge < -0.3 is 5.32 Å². The van der Waals surface area contributed by atoms with Crippen molar-refractivity contribution >= 4 is 45.0 Å². The molecule has 2 aromatic carbocycles. The smallest absolute Gasteiger partial charge is 0.261 e. The van der Waals surface area contributed by atoms with Crippen molar-refractivity contribution in [3.63, 3.8) is 0 Å². The second-order valence-corrected chi connectivity index (χ2v) is 7.26. The summed E-state index contributed by atoms with van der Waals surface area (Å²) in [6.07, 6.45) is 0.0468. The van der Waals surface area contributed by atoms with E-state index in [1.54, 1.807) is 41.7 Å². The van der Waals surface area contributed by atoms with Crippen LogP contribution in [-0.4, -0.2) is 34.2 Å². The monoisotopic (exact) mass is 365 g/mol. The fourth-order valence-corrected chi connectivity index (χ4v) is 3.86. The van der Waals surface area contributed by atoms with Gasteiger partial charge in [-0.25, -0.2) is 4.98 Å². The molecule has 0 unspecified atom stereocenters. The third-order valence-electron chi connectivity index (χ3n) is 4.22. The number of imide groups is 1. The molecule has 1 aliphatic rings. The largest absolute Gasteiger partial charge is 0.326 e. The number of hydrogen-bond donors (Lipinski definition) is 1. The molecule has 1 N–H and O–H groups in total. The summed E-state index contributed by atoms with van der Waals surface area (Å²) in [4.78, 5) is 42.3. The summed E-state index contributed by atoms with van der Waals surface area (Å²) in [6.45, 7) is 1.99. The molecule has 0 saturated heterocycles. The molecular weight excluding hydrogens is 350 g/mol. The van der Waals surface area contributed by atoms with E-state index >= 15 is 0 Å². The highest BCUT2D eigenvalue weighted by Crippen LogP contribution is 2.25. The van der Waals surface area contributed by atoms with Gasteiger partial charge in [0.25, 0.3) is 11.8 Å². The molecule has 3 amide bonds. The van der Waals surface area contributed by atoms with Gasteiger partial charge in [0.05, 0.1) is 26.4 Å². The lowest BCUT2D eigenvalue weighted by Crippen LogP contribution is -2.32. The van der Waals surface area contributed by atoms with Crippen molar-refractivity contribution in [3.8, 4) is 0 Å². The van der Waals surface area contributed by atoms with Crippen molar-refractivity contribution in [2.24, 2.45) is 0 Å². The van der Waals surface area contributed by atoms with Crippen LogP contribution >= 0.6 is 11.3 Å². The van der Waals surface area contributed by atoms with E-state index in [1.807, 2.05) is 19.1 Å². The molecule has 0 bridgehead atoms. The van der Waals surface area contributed by atoms with Crippen LogP contribution < -0.4 is 5.32 Å². The second-order valence-electron chi connectivity index (χ2n) is 6.02. The second kappa shape index (κ2) is 6.34. The standard InChI is InChI=1S/C19H15N3O3S/c1-11-20-15-7-6-12(10-16(15)26-11)21-17(23)8-9-22-18(24)13-4-2-3-5-14(13)19(22)25/h2-7,10H,8-9H2,1H3,(H,21,23). The summed E-state index contributed by atoms with van der Waals surface area (Å²) in [5, 5.41) is 3.78. The maximum atomic E-state index is 12.3. The first-order valence-electron chi connectivity index (χ1n) is 8.15. The Bertz CT molecular complexity index is 1020. The van der Waals surface area contributed by atoms with Gasteiger partial charge in [-0.2, -0.15) is 0 Å². The minimum absolute atomic E-state index is 0.0468. The molecule has 0 spiro atoms. The Morgan fingerprint density at radius 1 is 1.12 bits per heavy atom. The highest BCUT2D eigenvalue weighted by molar-refractivity contribution is 7.18. The number of hydrogen-bond acceptors (Lipinski definition) is 5. The Balaban J connectivity index is 1.41. The number of carbonyl (C=O) groups excluding carboxylic acids is 3. The Morgan fingerprint density at radius 3 is 2.50 bits per heavy atom. The minimum atomic E-state index is -0.347. The first kappa shape index (κ1) is 16.4. The molecule has 26 heavy (non-hydrogen) atoms. The van der Waals surface area contributed by atoms with Crippen LogP contribution in [0.1, 0.15) is 32.1 Å². The highest BCUT2D eigenvalue weighted by atomic mass is 32.1. The van der Waals surface area contributed by atoms with Crippen molar-refractivity contribution in [1.82, 2.24) is 9.88 Å². The van der Waals surface area contributed by atoms with Gasteiger partial charge >= 0.3 is 0 Å². The summed E-state index contributed by atoms with van der Waals surface area (Å²) in [7, 11) is 0. The van der Waals surface area contributed by atoms with Gasteiger partial charge in [0, 0.05) is 18.7 Å². The van der Waals surface area contributed by atoms with E-state index in [4.69, 9.17) is 0 Å². The topological polar surface area (TPSA) is 79.4 Å². The Kier molecular flexibility index (Phi) is 4.00. The number of fused-ring (bicyclic) bond motifs is 2. The van der Waals surface area contributed by atoms with Crippen LogP contribution in [0.4, 0.5) is 5.69 Å². The molecule has 2 heterocycles. The zero-order chi connectivity index (χ0) is 18.3. The highest BCUT2D eigenvalue weighted by Gasteiger charge is 2.34. The Morgan fingerprint density at radius 2 is 1.81 bits per heavy atom. The van der Waals surface area contributed by atoms with E-state index < -0.39 is 0 Å². The molecule has 7 heteroatoms. The van der Waals surface area contributed by atoms with Crippen molar-refractivity contribution in [3.05, 3.63) is 58.6 Å². The third kappa shape index (κ3) is 2.86. The summed E-state index contributed by atoms with van der Waals surface area (Å²) in [5.74, 6) is -0.943. The summed E-state index contributed by atoms with van der Waals surface area (Å²) < 4.78 is 1.00. The number of thiazole rings is 1. The first-order chi connectivity index (χ1) is 12.5. The zero-order valence-corrected chi connectivity index (χ0v) is 14.8. The van der Waals surface area contributed by atoms with E-state index in [2.05, 4.69) is 10.3 Å². The van der Waals surface area contributed by atoms with Gasteiger partial charge in [-0.15, -0.1) is 11.3 Å². The number of rotatable bonds is 4. The first-order valence-corrected chi connectivity index (χ1v) is 8.97.